The molecule has 134 valence electrons. The number of aryl methyl sites for hydroxylation is 2. The van der Waals surface area contributed by atoms with Gasteiger partial charge in [0.25, 0.3) is 0 Å². The van der Waals surface area contributed by atoms with Crippen LogP contribution in [0, 0.1) is 5.92 Å². The zero-order chi connectivity index (χ0) is 18.1. The van der Waals surface area contributed by atoms with Gasteiger partial charge >= 0.3 is 0 Å². The van der Waals surface area contributed by atoms with E-state index in [1.807, 2.05) is 24.4 Å². The van der Waals surface area contributed by atoms with Gasteiger partial charge in [-0.25, -0.2) is 0 Å². The Morgan fingerprint density at radius 1 is 1.35 bits per heavy atom. The fourth-order valence-electron chi connectivity index (χ4n) is 3.31. The highest BCUT2D eigenvalue weighted by Gasteiger charge is 2.32. The summed E-state index contributed by atoms with van der Waals surface area (Å²) in [6, 6.07) is 8.16. The molecule has 26 heavy (non-hydrogen) atoms. The number of rotatable bonds is 5. The molecule has 0 radical (unpaired) electrons. The third-order valence-electron chi connectivity index (χ3n) is 4.78. The largest absolute Gasteiger partial charge is 0.361 e. The van der Waals surface area contributed by atoms with E-state index in [4.69, 9.17) is 0 Å². The minimum Gasteiger partial charge on any atom is -0.361 e. The van der Waals surface area contributed by atoms with Gasteiger partial charge in [-0.05, 0) is 18.1 Å². The first-order valence-electron chi connectivity index (χ1n) is 8.61. The predicted octanol–water partition coefficient (Wildman–Crippen LogP) is 1.49. The Morgan fingerprint density at radius 3 is 3.00 bits per heavy atom. The molecule has 2 aromatic heterocycles. The van der Waals surface area contributed by atoms with Crippen molar-refractivity contribution in [2.75, 3.05) is 18.9 Å². The van der Waals surface area contributed by atoms with Crippen LogP contribution in [0.1, 0.15) is 17.8 Å². The third-order valence-corrected chi connectivity index (χ3v) is 4.78. The maximum Gasteiger partial charge on any atom is 0.248 e. The predicted molar refractivity (Wildman–Crippen MR) is 96.5 cm³/mol. The van der Waals surface area contributed by atoms with Crippen LogP contribution in [0.2, 0.25) is 0 Å². The molecule has 2 amide bonds. The topological polar surface area (TPSA) is 107 Å². The molecule has 8 heteroatoms. The van der Waals surface area contributed by atoms with Gasteiger partial charge in [-0.2, -0.15) is 4.98 Å². The smallest absolute Gasteiger partial charge is 0.248 e. The fraction of sp³-hybridized carbons (Fsp3) is 0.333. The van der Waals surface area contributed by atoms with Gasteiger partial charge in [-0.15, -0.1) is 5.10 Å². The lowest BCUT2D eigenvalue weighted by Gasteiger charge is -2.08. The van der Waals surface area contributed by atoms with Crippen LogP contribution >= 0.6 is 0 Å². The first kappa shape index (κ1) is 16.3. The number of hydrogen-bond donors (Lipinski definition) is 3. The summed E-state index contributed by atoms with van der Waals surface area (Å²) in [7, 11) is 1.70. The van der Waals surface area contributed by atoms with Gasteiger partial charge in [0.05, 0.1) is 5.92 Å². The van der Waals surface area contributed by atoms with E-state index in [0.29, 0.717) is 18.8 Å². The van der Waals surface area contributed by atoms with Gasteiger partial charge in [-0.1, -0.05) is 18.2 Å². The second kappa shape index (κ2) is 6.62. The Kier molecular flexibility index (Phi) is 4.16. The minimum atomic E-state index is -0.347. The van der Waals surface area contributed by atoms with Crippen LogP contribution in [0.15, 0.2) is 30.5 Å². The van der Waals surface area contributed by atoms with Gasteiger partial charge < -0.3 is 9.88 Å². The average molecular weight is 352 g/mol. The van der Waals surface area contributed by atoms with E-state index in [1.165, 1.54) is 10.9 Å². The van der Waals surface area contributed by atoms with Crippen LogP contribution in [0.5, 0.6) is 0 Å². The molecule has 1 aromatic carbocycles. The van der Waals surface area contributed by atoms with Gasteiger partial charge in [0, 0.05) is 43.5 Å². The number of fused-ring (bicyclic) bond motifs is 1. The van der Waals surface area contributed by atoms with Crippen LogP contribution in [0.3, 0.4) is 0 Å². The van der Waals surface area contributed by atoms with Crippen molar-refractivity contribution in [1.82, 2.24) is 25.1 Å². The highest BCUT2D eigenvalue weighted by Crippen LogP contribution is 2.20. The number of benzene rings is 1. The van der Waals surface area contributed by atoms with Crippen molar-refractivity contribution in [2.24, 2.45) is 5.92 Å². The first-order chi connectivity index (χ1) is 12.6. The SMILES string of the molecule is CN1CC(C(=O)Nc2n[nH]c(CCc3c[nH]c4ccccc34)n2)CC1=O. The van der Waals surface area contributed by atoms with Crippen LogP contribution in [0.25, 0.3) is 10.9 Å². The average Bonchev–Trinajstić information content (AvgIpc) is 3.33. The second-order valence-electron chi connectivity index (χ2n) is 6.63. The molecule has 1 fully saturated rings. The van der Waals surface area contributed by atoms with Crippen molar-refractivity contribution >= 4 is 28.7 Å². The molecule has 0 spiro atoms. The lowest BCUT2D eigenvalue weighted by molar-refractivity contribution is -0.127. The van der Waals surface area contributed by atoms with Gasteiger partial charge in [0.15, 0.2) is 0 Å². The molecule has 1 aliphatic heterocycles. The summed E-state index contributed by atoms with van der Waals surface area (Å²) in [4.78, 5) is 32.9. The number of para-hydroxylation sites is 1. The number of nitrogens with one attached hydrogen (secondary N) is 3. The fourth-order valence-corrected chi connectivity index (χ4v) is 3.31. The van der Waals surface area contributed by atoms with E-state index in [9.17, 15) is 9.59 Å². The van der Waals surface area contributed by atoms with Crippen LogP contribution < -0.4 is 5.32 Å². The van der Waals surface area contributed by atoms with E-state index < -0.39 is 0 Å². The number of carbonyl (C=O) groups is 2. The van der Waals surface area contributed by atoms with Crippen molar-refractivity contribution < 1.29 is 9.59 Å². The number of nitrogens with zero attached hydrogens (tertiary/aromatic N) is 3. The lowest BCUT2D eigenvalue weighted by atomic mass is 10.1. The van der Waals surface area contributed by atoms with Crippen LogP contribution in [0.4, 0.5) is 5.95 Å². The summed E-state index contributed by atoms with van der Waals surface area (Å²) in [5, 5.41) is 10.8. The van der Waals surface area contributed by atoms with Crippen LogP contribution in [-0.4, -0.2) is 50.5 Å². The van der Waals surface area contributed by atoms with Gasteiger partial charge in [0.1, 0.15) is 5.82 Å². The maximum atomic E-state index is 12.2. The Balaban J connectivity index is 1.36. The Hall–Kier alpha value is -3.16. The molecule has 3 aromatic rings. The normalized spacial score (nSPS) is 17.2. The van der Waals surface area contributed by atoms with Crippen molar-refractivity contribution in [3.63, 3.8) is 0 Å². The van der Waals surface area contributed by atoms with E-state index in [-0.39, 0.29) is 30.1 Å². The zero-order valence-corrected chi connectivity index (χ0v) is 14.5. The number of anilines is 1. The number of carbonyl (C=O) groups excluding carboxylic acids is 2. The second-order valence-corrected chi connectivity index (χ2v) is 6.63. The monoisotopic (exact) mass is 352 g/mol. The Bertz CT molecular complexity index is 959. The number of hydrogen-bond acceptors (Lipinski definition) is 4. The number of aromatic amines is 2. The molecular weight excluding hydrogens is 332 g/mol. The maximum absolute atomic E-state index is 12.2. The van der Waals surface area contributed by atoms with E-state index in [1.54, 1.807) is 11.9 Å². The molecule has 0 bridgehead atoms. The molecule has 0 saturated carbocycles. The lowest BCUT2D eigenvalue weighted by Crippen LogP contribution is -2.26. The zero-order valence-electron chi connectivity index (χ0n) is 14.5. The highest BCUT2D eigenvalue weighted by atomic mass is 16.2. The highest BCUT2D eigenvalue weighted by molar-refractivity contribution is 5.96. The summed E-state index contributed by atoms with van der Waals surface area (Å²) < 4.78 is 0. The first-order valence-corrected chi connectivity index (χ1v) is 8.61. The van der Waals surface area contributed by atoms with Gasteiger partial charge in [-0.3, -0.25) is 20.0 Å². The minimum absolute atomic E-state index is 0.0143. The summed E-state index contributed by atoms with van der Waals surface area (Å²) in [5.41, 5.74) is 2.33. The molecule has 1 aliphatic rings. The Labute approximate surface area is 150 Å². The molecule has 4 rings (SSSR count). The molecule has 3 N–H and O–H groups in total. The van der Waals surface area contributed by atoms with Crippen molar-refractivity contribution in [1.29, 1.82) is 0 Å². The number of H-pyrrole nitrogens is 2. The molecule has 1 unspecified atom stereocenters. The Morgan fingerprint density at radius 2 is 2.19 bits per heavy atom. The third kappa shape index (κ3) is 3.17. The van der Waals surface area contributed by atoms with Crippen molar-refractivity contribution in [3.8, 4) is 0 Å². The summed E-state index contributed by atoms with van der Waals surface area (Å²) in [5.74, 6) is 0.390. The summed E-state index contributed by atoms with van der Waals surface area (Å²) in [6.45, 7) is 0.433. The summed E-state index contributed by atoms with van der Waals surface area (Å²) >= 11 is 0. The van der Waals surface area contributed by atoms with Gasteiger partial charge in [0.2, 0.25) is 17.8 Å². The van der Waals surface area contributed by atoms with Crippen molar-refractivity contribution in [2.45, 2.75) is 19.3 Å². The quantitative estimate of drug-likeness (QED) is 0.646. The number of likely N-dealkylation sites (tertiary alicyclic amines) is 1. The number of amides is 2. The van der Waals surface area contributed by atoms with E-state index in [2.05, 4.69) is 31.5 Å². The van der Waals surface area contributed by atoms with E-state index in [0.717, 1.165) is 11.9 Å². The molecule has 3 heterocycles. The standard InChI is InChI=1S/C18H20N6O2/c1-24-10-12(8-16(24)25)17(26)21-18-20-15(22-23-18)7-6-11-9-19-14-5-3-2-4-13(11)14/h2-5,9,12,19H,6-8,10H2,1H3,(H2,20,21,22,23,26). The number of aromatic nitrogens is 4. The summed E-state index contributed by atoms with van der Waals surface area (Å²) in [6.07, 6.45) is 3.75. The van der Waals surface area contributed by atoms with Crippen molar-refractivity contribution in [3.05, 3.63) is 41.9 Å². The molecular formula is C18H20N6O2. The molecule has 1 saturated heterocycles. The molecule has 0 aliphatic carbocycles. The van der Waals surface area contributed by atoms with E-state index >= 15 is 0 Å². The molecule has 8 nitrogen and oxygen atoms in total. The van der Waals surface area contributed by atoms with Crippen LogP contribution in [-0.2, 0) is 22.4 Å². The molecule has 1 atom stereocenters.